The number of nitrogens with zero attached hydrogens (tertiary/aromatic N) is 2. The molecule has 0 unspecified atom stereocenters. The van der Waals surface area contributed by atoms with Crippen molar-refractivity contribution in [3.63, 3.8) is 0 Å². The van der Waals surface area contributed by atoms with E-state index in [4.69, 9.17) is 5.26 Å². The molecule has 15 heavy (non-hydrogen) atoms. The first-order valence-electron chi connectivity index (χ1n) is 4.76. The number of nitro groups is 1. The minimum Gasteiger partial charge on any atom is -0.258 e. The Morgan fingerprint density at radius 1 is 1.53 bits per heavy atom. The van der Waals surface area contributed by atoms with Crippen molar-refractivity contribution in [1.82, 2.24) is 0 Å². The summed E-state index contributed by atoms with van der Waals surface area (Å²) in [5, 5.41) is 18.9. The quantitative estimate of drug-likeness (QED) is 0.430. The number of benzene rings is 1. The Morgan fingerprint density at radius 3 is 2.80 bits per heavy atom. The molecule has 0 heterocycles. The number of aryl methyl sites for hydroxylation is 2. The molecule has 0 spiro atoms. The first-order valence-corrected chi connectivity index (χ1v) is 4.76. The summed E-state index contributed by atoms with van der Waals surface area (Å²) in [6.07, 6.45) is 2.12. The molecular formula is C11H12N2O2. The van der Waals surface area contributed by atoms with E-state index in [9.17, 15) is 10.1 Å². The number of rotatable bonds is 4. The lowest BCUT2D eigenvalue weighted by Gasteiger charge is -2.01. The summed E-state index contributed by atoms with van der Waals surface area (Å²) in [5.41, 5.74) is 1.88. The minimum absolute atomic E-state index is 0.152. The summed E-state index contributed by atoms with van der Waals surface area (Å²) in [6, 6.07) is 7.17. The molecule has 0 fully saturated rings. The smallest absolute Gasteiger partial charge is 0.258 e. The molecule has 1 aromatic carbocycles. The zero-order valence-electron chi connectivity index (χ0n) is 8.56. The Morgan fingerprint density at radius 2 is 2.27 bits per heavy atom. The summed E-state index contributed by atoms with van der Waals surface area (Å²) >= 11 is 0. The third kappa shape index (κ3) is 3.06. The van der Waals surface area contributed by atoms with Crippen molar-refractivity contribution in [2.24, 2.45) is 0 Å². The van der Waals surface area contributed by atoms with E-state index in [2.05, 4.69) is 6.07 Å². The molecule has 0 aliphatic carbocycles. The van der Waals surface area contributed by atoms with Gasteiger partial charge in [-0.15, -0.1) is 0 Å². The molecule has 0 aliphatic rings. The van der Waals surface area contributed by atoms with E-state index in [0.29, 0.717) is 12.0 Å². The van der Waals surface area contributed by atoms with Crippen LogP contribution >= 0.6 is 0 Å². The fourth-order valence-corrected chi connectivity index (χ4v) is 1.45. The van der Waals surface area contributed by atoms with Gasteiger partial charge in [0.2, 0.25) is 0 Å². The van der Waals surface area contributed by atoms with E-state index in [1.54, 1.807) is 13.0 Å². The average molecular weight is 204 g/mol. The summed E-state index contributed by atoms with van der Waals surface area (Å²) < 4.78 is 0. The second-order valence-corrected chi connectivity index (χ2v) is 3.39. The third-order valence-corrected chi connectivity index (χ3v) is 2.21. The molecule has 0 saturated carbocycles. The predicted octanol–water partition coefficient (Wildman–Crippen LogP) is 2.75. The van der Waals surface area contributed by atoms with Crippen molar-refractivity contribution in [2.45, 2.75) is 26.2 Å². The number of unbranched alkanes of at least 4 members (excludes halogenated alkanes) is 1. The van der Waals surface area contributed by atoms with Gasteiger partial charge in [0, 0.05) is 18.1 Å². The molecule has 0 radical (unpaired) electrons. The van der Waals surface area contributed by atoms with Crippen molar-refractivity contribution >= 4 is 5.69 Å². The molecule has 0 saturated heterocycles. The normalized spacial score (nSPS) is 9.60. The van der Waals surface area contributed by atoms with Crippen LogP contribution in [0.15, 0.2) is 18.2 Å². The van der Waals surface area contributed by atoms with Crippen molar-refractivity contribution < 1.29 is 4.92 Å². The Bertz CT molecular complexity index is 408. The summed E-state index contributed by atoms with van der Waals surface area (Å²) in [7, 11) is 0. The molecule has 1 rings (SSSR count). The van der Waals surface area contributed by atoms with Crippen LogP contribution in [0.4, 0.5) is 5.69 Å². The van der Waals surface area contributed by atoms with E-state index in [-0.39, 0.29) is 10.6 Å². The molecule has 0 aromatic heterocycles. The maximum atomic E-state index is 10.6. The van der Waals surface area contributed by atoms with Crippen molar-refractivity contribution in [1.29, 1.82) is 5.26 Å². The van der Waals surface area contributed by atoms with Gasteiger partial charge in [0.25, 0.3) is 5.69 Å². The maximum absolute atomic E-state index is 10.6. The zero-order valence-corrected chi connectivity index (χ0v) is 8.56. The van der Waals surface area contributed by atoms with Crippen LogP contribution < -0.4 is 0 Å². The van der Waals surface area contributed by atoms with Crippen LogP contribution in [0.3, 0.4) is 0 Å². The Hall–Kier alpha value is -1.89. The largest absolute Gasteiger partial charge is 0.272 e. The lowest BCUT2D eigenvalue weighted by molar-refractivity contribution is -0.385. The van der Waals surface area contributed by atoms with Crippen LogP contribution in [0.5, 0.6) is 0 Å². The van der Waals surface area contributed by atoms with Crippen LogP contribution in [0, 0.1) is 28.4 Å². The van der Waals surface area contributed by atoms with Gasteiger partial charge in [-0.1, -0.05) is 6.07 Å². The molecule has 0 N–H and O–H groups in total. The standard InChI is InChI=1S/C11H12N2O2/c1-9-8-10(4-2-3-7-12)5-6-11(9)13(14)15/h5-6,8H,2-4H2,1H3. The van der Waals surface area contributed by atoms with Crippen molar-refractivity contribution in [2.75, 3.05) is 0 Å². The number of hydrogen-bond acceptors (Lipinski definition) is 3. The lowest BCUT2D eigenvalue weighted by atomic mass is 10.0. The monoisotopic (exact) mass is 204 g/mol. The molecule has 0 bridgehead atoms. The van der Waals surface area contributed by atoms with Crippen LogP contribution in [-0.4, -0.2) is 4.92 Å². The van der Waals surface area contributed by atoms with E-state index >= 15 is 0 Å². The number of hydrogen-bond donors (Lipinski definition) is 0. The minimum atomic E-state index is -0.381. The van der Waals surface area contributed by atoms with Crippen LogP contribution in [0.2, 0.25) is 0 Å². The van der Waals surface area contributed by atoms with Crippen molar-refractivity contribution in [3.05, 3.63) is 39.4 Å². The third-order valence-electron chi connectivity index (χ3n) is 2.21. The maximum Gasteiger partial charge on any atom is 0.272 e. The van der Waals surface area contributed by atoms with Gasteiger partial charge in [-0.2, -0.15) is 5.26 Å². The second-order valence-electron chi connectivity index (χ2n) is 3.39. The average Bonchev–Trinajstić information content (AvgIpc) is 2.17. The van der Waals surface area contributed by atoms with Gasteiger partial charge in [0.1, 0.15) is 0 Å². The summed E-state index contributed by atoms with van der Waals surface area (Å²) in [5.74, 6) is 0. The van der Waals surface area contributed by atoms with E-state index in [1.165, 1.54) is 6.07 Å². The molecule has 4 heteroatoms. The van der Waals surface area contributed by atoms with E-state index < -0.39 is 0 Å². The molecule has 4 nitrogen and oxygen atoms in total. The number of nitro benzene ring substituents is 1. The van der Waals surface area contributed by atoms with Gasteiger partial charge < -0.3 is 0 Å². The van der Waals surface area contributed by atoms with Gasteiger partial charge in [-0.3, -0.25) is 10.1 Å². The van der Waals surface area contributed by atoms with Gasteiger partial charge in [0.15, 0.2) is 0 Å². The highest BCUT2D eigenvalue weighted by Crippen LogP contribution is 2.19. The number of nitriles is 1. The van der Waals surface area contributed by atoms with E-state index in [1.807, 2.05) is 6.07 Å². The Labute approximate surface area is 88.3 Å². The molecule has 1 aromatic rings. The molecule has 78 valence electrons. The second kappa shape index (κ2) is 5.11. The molecule has 0 atom stereocenters. The summed E-state index contributed by atoms with van der Waals surface area (Å²) in [6.45, 7) is 1.73. The Kier molecular flexibility index (Phi) is 3.81. The highest BCUT2D eigenvalue weighted by atomic mass is 16.6. The van der Waals surface area contributed by atoms with Gasteiger partial charge in [0.05, 0.1) is 11.0 Å². The topological polar surface area (TPSA) is 66.9 Å². The highest BCUT2D eigenvalue weighted by Gasteiger charge is 2.09. The Balaban J connectivity index is 2.74. The van der Waals surface area contributed by atoms with Gasteiger partial charge >= 0.3 is 0 Å². The molecule has 0 amide bonds. The van der Waals surface area contributed by atoms with Crippen LogP contribution in [0.1, 0.15) is 24.0 Å². The van der Waals surface area contributed by atoms with Gasteiger partial charge in [-0.05, 0) is 31.4 Å². The highest BCUT2D eigenvalue weighted by molar-refractivity contribution is 5.41. The van der Waals surface area contributed by atoms with Crippen molar-refractivity contribution in [3.8, 4) is 6.07 Å². The zero-order chi connectivity index (χ0) is 11.3. The predicted molar refractivity (Wildman–Crippen MR) is 56.4 cm³/mol. The molecule has 0 aliphatic heterocycles. The fourth-order valence-electron chi connectivity index (χ4n) is 1.45. The van der Waals surface area contributed by atoms with Crippen LogP contribution in [0.25, 0.3) is 0 Å². The summed E-state index contributed by atoms with van der Waals surface area (Å²) in [4.78, 5) is 10.2. The van der Waals surface area contributed by atoms with Gasteiger partial charge in [-0.25, -0.2) is 0 Å². The lowest BCUT2D eigenvalue weighted by Crippen LogP contribution is -1.93. The van der Waals surface area contributed by atoms with Crippen LogP contribution in [-0.2, 0) is 6.42 Å². The first kappa shape index (κ1) is 11.2. The SMILES string of the molecule is Cc1cc(CCCC#N)ccc1[N+](=O)[O-]. The molecular weight excluding hydrogens is 192 g/mol. The van der Waals surface area contributed by atoms with E-state index in [0.717, 1.165) is 18.4 Å². The fraction of sp³-hybridized carbons (Fsp3) is 0.364. The first-order chi connectivity index (χ1) is 7.15.